The predicted molar refractivity (Wildman–Crippen MR) is 79.5 cm³/mol. The zero-order valence-electron chi connectivity index (χ0n) is 12.5. The van der Waals surface area contributed by atoms with Gasteiger partial charge in [-0.25, -0.2) is 4.79 Å². The predicted octanol–water partition coefficient (Wildman–Crippen LogP) is 3.00. The monoisotopic (exact) mass is 293 g/mol. The molecule has 1 aromatic rings. The van der Waals surface area contributed by atoms with Gasteiger partial charge in [-0.2, -0.15) is 5.48 Å². The fourth-order valence-electron chi connectivity index (χ4n) is 1.73. The lowest BCUT2D eigenvalue weighted by Gasteiger charge is -2.07. The topological polar surface area (TPSA) is 64.6 Å². The van der Waals surface area contributed by atoms with E-state index in [2.05, 4.69) is 17.2 Å². The highest BCUT2D eigenvalue weighted by atomic mass is 16.7. The molecule has 0 spiro atoms. The van der Waals surface area contributed by atoms with Crippen LogP contribution < -0.4 is 10.2 Å². The molecule has 0 aliphatic heterocycles. The van der Waals surface area contributed by atoms with E-state index in [1.54, 1.807) is 12.1 Å². The molecule has 0 aromatic heterocycles. The van der Waals surface area contributed by atoms with Crippen molar-refractivity contribution in [2.24, 2.45) is 0 Å². The molecule has 0 aliphatic carbocycles. The summed E-state index contributed by atoms with van der Waals surface area (Å²) in [5.74, 6) is -0.312. The zero-order valence-corrected chi connectivity index (χ0v) is 12.5. The average molecular weight is 293 g/mol. The van der Waals surface area contributed by atoms with Gasteiger partial charge in [-0.15, -0.1) is 0 Å². The first-order chi connectivity index (χ1) is 10.2. The second-order valence-electron chi connectivity index (χ2n) is 4.77. The third-order valence-electron chi connectivity index (χ3n) is 2.88. The minimum Gasteiger partial charge on any atom is -0.484 e. The van der Waals surface area contributed by atoms with E-state index >= 15 is 0 Å². The number of hydrogen-bond donors (Lipinski definition) is 1. The minimum absolute atomic E-state index is 0.187. The maximum Gasteiger partial charge on any atom is 0.332 e. The van der Waals surface area contributed by atoms with E-state index in [9.17, 15) is 9.59 Å². The van der Waals surface area contributed by atoms with Gasteiger partial charge in [0.2, 0.25) is 0 Å². The maximum atomic E-state index is 11.4. The molecule has 1 amide bonds. The quantitative estimate of drug-likeness (QED) is 0.561. The van der Waals surface area contributed by atoms with Crippen molar-refractivity contribution in [3.05, 3.63) is 30.3 Å². The summed E-state index contributed by atoms with van der Waals surface area (Å²) in [6, 6.07) is 8.97. The molecule has 1 aromatic carbocycles. The number of para-hydroxylation sites is 1. The van der Waals surface area contributed by atoms with Crippen LogP contribution in [0.25, 0.3) is 0 Å². The lowest BCUT2D eigenvalue weighted by Crippen LogP contribution is -2.31. The Labute approximate surface area is 125 Å². The Hall–Kier alpha value is -2.04. The summed E-state index contributed by atoms with van der Waals surface area (Å²) >= 11 is 0. The Balaban J connectivity index is 2.05. The molecule has 0 bridgehead atoms. The third-order valence-corrected chi connectivity index (χ3v) is 2.88. The van der Waals surface area contributed by atoms with Gasteiger partial charge in [-0.1, -0.05) is 50.8 Å². The van der Waals surface area contributed by atoms with Gasteiger partial charge in [0.25, 0.3) is 5.91 Å². The van der Waals surface area contributed by atoms with Crippen molar-refractivity contribution in [1.82, 2.24) is 5.48 Å². The molecule has 0 unspecified atom stereocenters. The van der Waals surface area contributed by atoms with E-state index in [1.807, 2.05) is 18.2 Å². The number of unbranched alkanes of at least 4 members (excludes halogenated alkanes) is 4. The second kappa shape index (κ2) is 10.7. The number of carbonyl (C=O) groups is 2. The Morgan fingerprint density at radius 1 is 1.05 bits per heavy atom. The number of rotatable bonds is 9. The molecule has 0 saturated heterocycles. The van der Waals surface area contributed by atoms with Gasteiger partial charge >= 0.3 is 5.97 Å². The number of nitrogens with one attached hydrogen (secondary N) is 1. The highest BCUT2D eigenvalue weighted by Gasteiger charge is 2.07. The van der Waals surface area contributed by atoms with Crippen LogP contribution in [-0.2, 0) is 14.4 Å². The first kappa shape index (κ1) is 17.0. The van der Waals surface area contributed by atoms with Crippen molar-refractivity contribution in [2.45, 2.75) is 45.4 Å². The summed E-state index contributed by atoms with van der Waals surface area (Å²) in [4.78, 5) is 27.5. The van der Waals surface area contributed by atoms with Crippen LogP contribution in [0.5, 0.6) is 5.75 Å². The number of ether oxygens (including phenoxy) is 1. The van der Waals surface area contributed by atoms with Gasteiger partial charge in [-0.3, -0.25) is 4.79 Å². The van der Waals surface area contributed by atoms with Crippen molar-refractivity contribution < 1.29 is 19.2 Å². The Kier molecular flexibility index (Phi) is 8.68. The fourth-order valence-corrected chi connectivity index (χ4v) is 1.73. The molecule has 5 nitrogen and oxygen atoms in total. The minimum atomic E-state index is -0.488. The van der Waals surface area contributed by atoms with Crippen LogP contribution in [0.2, 0.25) is 0 Å². The van der Waals surface area contributed by atoms with Crippen LogP contribution in [0.3, 0.4) is 0 Å². The maximum absolute atomic E-state index is 11.4. The Morgan fingerprint density at radius 2 is 1.76 bits per heavy atom. The fraction of sp³-hybridized carbons (Fsp3) is 0.500. The Bertz CT molecular complexity index is 420. The Morgan fingerprint density at radius 3 is 2.48 bits per heavy atom. The van der Waals surface area contributed by atoms with Crippen molar-refractivity contribution in [1.29, 1.82) is 0 Å². The first-order valence-corrected chi connectivity index (χ1v) is 7.38. The molecule has 1 rings (SSSR count). The average Bonchev–Trinajstić information content (AvgIpc) is 2.51. The summed E-state index contributed by atoms with van der Waals surface area (Å²) in [5.41, 5.74) is 2.09. The first-order valence-electron chi connectivity index (χ1n) is 7.38. The van der Waals surface area contributed by atoms with Crippen LogP contribution >= 0.6 is 0 Å². The van der Waals surface area contributed by atoms with Gasteiger partial charge in [0.1, 0.15) is 5.75 Å². The van der Waals surface area contributed by atoms with Crippen LogP contribution in [0.4, 0.5) is 0 Å². The smallest absolute Gasteiger partial charge is 0.332 e. The van der Waals surface area contributed by atoms with E-state index in [0.29, 0.717) is 12.2 Å². The van der Waals surface area contributed by atoms with E-state index in [0.717, 1.165) is 19.3 Å². The van der Waals surface area contributed by atoms with Crippen LogP contribution in [0, 0.1) is 0 Å². The van der Waals surface area contributed by atoms with Gasteiger partial charge in [0.05, 0.1) is 0 Å². The van der Waals surface area contributed by atoms with E-state index in [4.69, 9.17) is 4.74 Å². The summed E-state index contributed by atoms with van der Waals surface area (Å²) < 4.78 is 5.22. The van der Waals surface area contributed by atoms with Crippen LogP contribution in [0.15, 0.2) is 30.3 Å². The highest BCUT2D eigenvalue weighted by Crippen LogP contribution is 2.07. The molecule has 116 valence electrons. The summed E-state index contributed by atoms with van der Waals surface area (Å²) in [6.45, 7) is 1.95. The molecule has 0 atom stereocenters. The summed E-state index contributed by atoms with van der Waals surface area (Å²) in [5, 5.41) is 0. The molecule has 0 heterocycles. The number of hydrogen-bond acceptors (Lipinski definition) is 4. The van der Waals surface area contributed by atoms with Gasteiger partial charge in [-0.05, 0) is 18.6 Å². The summed E-state index contributed by atoms with van der Waals surface area (Å²) in [7, 11) is 0. The number of benzene rings is 1. The molecule has 0 saturated carbocycles. The zero-order chi connectivity index (χ0) is 15.3. The molecule has 0 aliphatic rings. The van der Waals surface area contributed by atoms with Gasteiger partial charge < -0.3 is 9.57 Å². The largest absolute Gasteiger partial charge is 0.484 e. The van der Waals surface area contributed by atoms with Gasteiger partial charge in [0, 0.05) is 6.42 Å². The number of amides is 1. The van der Waals surface area contributed by atoms with E-state index < -0.39 is 11.9 Å². The third kappa shape index (κ3) is 8.68. The molecule has 0 radical (unpaired) electrons. The van der Waals surface area contributed by atoms with Crippen molar-refractivity contribution >= 4 is 11.9 Å². The molecule has 1 N–H and O–H groups in total. The summed E-state index contributed by atoms with van der Waals surface area (Å²) in [6.07, 6.45) is 5.60. The molecule has 21 heavy (non-hydrogen) atoms. The van der Waals surface area contributed by atoms with Crippen molar-refractivity contribution in [3.63, 3.8) is 0 Å². The lowest BCUT2D eigenvalue weighted by molar-refractivity contribution is -0.159. The van der Waals surface area contributed by atoms with E-state index in [1.165, 1.54) is 12.8 Å². The highest BCUT2D eigenvalue weighted by molar-refractivity contribution is 5.79. The molecular weight excluding hydrogens is 270 g/mol. The van der Waals surface area contributed by atoms with Crippen molar-refractivity contribution in [2.75, 3.05) is 6.61 Å². The van der Waals surface area contributed by atoms with Gasteiger partial charge in [0.15, 0.2) is 6.61 Å². The number of hydroxylamine groups is 1. The standard InChI is InChI=1S/C16H23NO4/c1-2-3-4-5-9-12-16(19)21-17-15(18)13-20-14-10-7-6-8-11-14/h6-8,10-11H,2-5,9,12-13H2,1H3,(H,17,18). The van der Waals surface area contributed by atoms with Crippen molar-refractivity contribution in [3.8, 4) is 5.75 Å². The molecule has 0 fully saturated rings. The van der Waals surface area contributed by atoms with E-state index in [-0.39, 0.29) is 6.61 Å². The molecular formula is C16H23NO4. The second-order valence-corrected chi connectivity index (χ2v) is 4.77. The van der Waals surface area contributed by atoms with Crippen LogP contribution in [-0.4, -0.2) is 18.5 Å². The number of carbonyl (C=O) groups excluding carboxylic acids is 2. The normalized spacial score (nSPS) is 9.95. The molecule has 5 heteroatoms. The SMILES string of the molecule is CCCCCCCC(=O)ONC(=O)COc1ccccc1. The van der Waals surface area contributed by atoms with Crippen LogP contribution in [0.1, 0.15) is 45.4 Å². The lowest BCUT2D eigenvalue weighted by atomic mass is 10.1.